The highest BCUT2D eigenvalue weighted by Gasteiger charge is 2.52. The zero-order valence-corrected chi connectivity index (χ0v) is 12.1. The number of ether oxygens (including phenoxy) is 1. The number of rotatable bonds is 1. The first kappa shape index (κ1) is 12.7. The van der Waals surface area contributed by atoms with Gasteiger partial charge in [-0.1, -0.05) is 19.9 Å². The Morgan fingerprint density at radius 1 is 1.16 bits per heavy atom. The Labute approximate surface area is 115 Å². The highest BCUT2D eigenvalue weighted by molar-refractivity contribution is 5.81. The average Bonchev–Trinajstić information content (AvgIpc) is 2.40. The van der Waals surface area contributed by atoms with Crippen LogP contribution in [0.1, 0.15) is 50.7 Å². The molecule has 2 atom stereocenters. The molecule has 0 bridgehead atoms. The minimum absolute atomic E-state index is 0.129. The van der Waals surface area contributed by atoms with Crippen LogP contribution in [0.3, 0.4) is 0 Å². The number of fused-ring (bicyclic) bond motifs is 3. The van der Waals surface area contributed by atoms with Gasteiger partial charge in [-0.2, -0.15) is 0 Å². The molecular formula is C17H22O2. The Kier molecular flexibility index (Phi) is 2.74. The molecule has 0 N–H and O–H groups in total. The molecule has 19 heavy (non-hydrogen) atoms. The summed E-state index contributed by atoms with van der Waals surface area (Å²) in [6, 6.07) is 6.46. The summed E-state index contributed by atoms with van der Waals surface area (Å²) in [6.45, 7) is 4.65. The fourth-order valence-electron chi connectivity index (χ4n) is 4.09. The molecule has 1 aromatic carbocycles. The van der Waals surface area contributed by atoms with Gasteiger partial charge in [-0.15, -0.1) is 0 Å². The normalized spacial score (nSPS) is 33.5. The van der Waals surface area contributed by atoms with Crippen molar-refractivity contribution in [1.29, 1.82) is 0 Å². The predicted molar refractivity (Wildman–Crippen MR) is 75.6 cm³/mol. The fraction of sp³-hybridized carbons (Fsp3) is 0.588. The van der Waals surface area contributed by atoms with Gasteiger partial charge in [0.2, 0.25) is 0 Å². The van der Waals surface area contributed by atoms with Gasteiger partial charge in [-0.3, -0.25) is 4.79 Å². The Morgan fingerprint density at radius 2 is 1.95 bits per heavy atom. The summed E-state index contributed by atoms with van der Waals surface area (Å²) in [5.74, 6) is 1.38. The zero-order valence-electron chi connectivity index (χ0n) is 12.1. The maximum absolute atomic E-state index is 11.9. The van der Waals surface area contributed by atoms with Gasteiger partial charge >= 0.3 is 0 Å². The fourth-order valence-corrected chi connectivity index (χ4v) is 4.09. The lowest BCUT2D eigenvalue weighted by molar-refractivity contribution is -0.126. The third-order valence-corrected chi connectivity index (χ3v) is 5.68. The van der Waals surface area contributed by atoms with Gasteiger partial charge in [0.05, 0.1) is 7.11 Å². The molecule has 0 amide bonds. The van der Waals surface area contributed by atoms with Crippen LogP contribution in [0.15, 0.2) is 18.2 Å². The third-order valence-electron chi connectivity index (χ3n) is 5.68. The van der Waals surface area contributed by atoms with E-state index >= 15 is 0 Å². The molecule has 1 saturated carbocycles. The smallest absolute Gasteiger partial charge is 0.133 e. The number of hydrogen-bond acceptors (Lipinski definition) is 2. The van der Waals surface area contributed by atoms with Crippen LogP contribution in [-0.4, -0.2) is 12.9 Å². The van der Waals surface area contributed by atoms with E-state index in [1.165, 1.54) is 11.1 Å². The second kappa shape index (κ2) is 4.09. The minimum atomic E-state index is 0.129. The SMILES string of the molecule is COc1ccc2c(c1)CCC1(C)CC(=O)CCC21C. The maximum atomic E-state index is 11.9. The first-order valence-corrected chi connectivity index (χ1v) is 7.18. The molecule has 0 aromatic heterocycles. The van der Waals surface area contributed by atoms with E-state index in [0.29, 0.717) is 5.78 Å². The van der Waals surface area contributed by atoms with Crippen LogP contribution in [-0.2, 0) is 16.6 Å². The molecule has 2 unspecified atom stereocenters. The number of benzene rings is 1. The molecule has 3 rings (SSSR count). The third kappa shape index (κ3) is 1.73. The van der Waals surface area contributed by atoms with Gasteiger partial charge in [0.1, 0.15) is 11.5 Å². The average molecular weight is 258 g/mol. The topological polar surface area (TPSA) is 26.3 Å². The van der Waals surface area contributed by atoms with Crippen LogP contribution in [0.4, 0.5) is 0 Å². The van der Waals surface area contributed by atoms with Gasteiger partial charge in [0.25, 0.3) is 0 Å². The molecule has 102 valence electrons. The van der Waals surface area contributed by atoms with Gasteiger partial charge in [0, 0.05) is 12.8 Å². The molecule has 1 fully saturated rings. The predicted octanol–water partition coefficient (Wildman–Crippen LogP) is 3.66. The van der Waals surface area contributed by atoms with Crippen LogP contribution < -0.4 is 4.74 Å². The van der Waals surface area contributed by atoms with Crippen molar-refractivity contribution in [2.75, 3.05) is 7.11 Å². The van der Waals surface area contributed by atoms with Crippen LogP contribution in [0, 0.1) is 5.41 Å². The molecule has 0 aliphatic heterocycles. The summed E-state index contributed by atoms with van der Waals surface area (Å²) in [6.07, 6.45) is 4.63. The largest absolute Gasteiger partial charge is 0.497 e. The van der Waals surface area contributed by atoms with Crippen LogP contribution >= 0.6 is 0 Å². The number of methoxy groups -OCH3 is 1. The number of carbonyl (C=O) groups excluding carboxylic acids is 1. The summed E-state index contributed by atoms with van der Waals surface area (Å²) < 4.78 is 5.34. The van der Waals surface area contributed by atoms with E-state index in [1.54, 1.807) is 7.11 Å². The number of aryl methyl sites for hydroxylation is 1. The maximum Gasteiger partial charge on any atom is 0.133 e. The molecule has 2 nitrogen and oxygen atoms in total. The molecule has 2 aliphatic rings. The lowest BCUT2D eigenvalue weighted by Gasteiger charge is -2.53. The molecular weight excluding hydrogens is 236 g/mol. The van der Waals surface area contributed by atoms with E-state index in [2.05, 4.69) is 32.0 Å². The molecule has 2 heteroatoms. The van der Waals surface area contributed by atoms with Crippen molar-refractivity contribution in [3.63, 3.8) is 0 Å². The van der Waals surface area contributed by atoms with Crippen molar-refractivity contribution in [2.45, 2.75) is 51.4 Å². The van der Waals surface area contributed by atoms with Crippen LogP contribution in [0.5, 0.6) is 5.75 Å². The molecule has 0 saturated heterocycles. The van der Waals surface area contributed by atoms with Crippen LogP contribution in [0.25, 0.3) is 0 Å². The quantitative estimate of drug-likeness (QED) is 0.768. The standard InChI is InChI=1S/C17H22O2/c1-16-8-6-12-10-14(19-3)4-5-15(12)17(16,2)9-7-13(18)11-16/h4-5,10H,6-9,11H2,1-3H3. The second-order valence-corrected chi connectivity index (χ2v) is 6.63. The molecule has 0 radical (unpaired) electrons. The van der Waals surface area contributed by atoms with Crippen molar-refractivity contribution < 1.29 is 9.53 Å². The van der Waals surface area contributed by atoms with E-state index in [4.69, 9.17) is 4.74 Å². The monoisotopic (exact) mass is 258 g/mol. The first-order valence-electron chi connectivity index (χ1n) is 7.18. The number of ketones is 1. The highest BCUT2D eigenvalue weighted by Crippen LogP contribution is 2.57. The van der Waals surface area contributed by atoms with Gasteiger partial charge in [-0.05, 0) is 53.4 Å². The summed E-state index contributed by atoms with van der Waals surface area (Å²) >= 11 is 0. The van der Waals surface area contributed by atoms with E-state index in [9.17, 15) is 4.79 Å². The van der Waals surface area contributed by atoms with E-state index in [-0.39, 0.29) is 10.8 Å². The Morgan fingerprint density at radius 3 is 2.68 bits per heavy atom. The summed E-state index contributed by atoms with van der Waals surface area (Å²) in [4.78, 5) is 11.9. The van der Waals surface area contributed by atoms with E-state index in [1.807, 2.05) is 0 Å². The summed E-state index contributed by atoms with van der Waals surface area (Å²) in [5, 5.41) is 0. The summed E-state index contributed by atoms with van der Waals surface area (Å²) in [5.41, 5.74) is 3.12. The summed E-state index contributed by atoms with van der Waals surface area (Å²) in [7, 11) is 1.72. The van der Waals surface area contributed by atoms with Crippen molar-refractivity contribution in [3.05, 3.63) is 29.3 Å². The second-order valence-electron chi connectivity index (χ2n) is 6.63. The molecule has 0 heterocycles. The Hall–Kier alpha value is -1.31. The Bertz CT molecular complexity index is 534. The van der Waals surface area contributed by atoms with Gasteiger partial charge < -0.3 is 4.74 Å². The highest BCUT2D eigenvalue weighted by atomic mass is 16.5. The van der Waals surface area contributed by atoms with Crippen molar-refractivity contribution in [2.24, 2.45) is 5.41 Å². The lowest BCUT2D eigenvalue weighted by Crippen LogP contribution is -2.49. The number of Topliss-reactive ketones (excluding diaryl/α,β-unsaturated/α-hetero) is 1. The number of carbonyl (C=O) groups is 1. The van der Waals surface area contributed by atoms with Crippen molar-refractivity contribution >= 4 is 5.78 Å². The first-order chi connectivity index (χ1) is 8.98. The van der Waals surface area contributed by atoms with Crippen molar-refractivity contribution in [3.8, 4) is 5.75 Å². The van der Waals surface area contributed by atoms with Crippen molar-refractivity contribution in [1.82, 2.24) is 0 Å². The molecule has 0 spiro atoms. The number of hydrogen-bond donors (Lipinski definition) is 0. The lowest BCUT2D eigenvalue weighted by atomic mass is 9.50. The minimum Gasteiger partial charge on any atom is -0.497 e. The zero-order chi connectivity index (χ0) is 13.7. The molecule has 1 aromatic rings. The molecule has 2 aliphatic carbocycles. The van der Waals surface area contributed by atoms with E-state index < -0.39 is 0 Å². The van der Waals surface area contributed by atoms with Crippen LogP contribution in [0.2, 0.25) is 0 Å². The Balaban J connectivity index is 2.10. The van der Waals surface area contributed by atoms with Gasteiger partial charge in [-0.25, -0.2) is 0 Å². The van der Waals surface area contributed by atoms with Gasteiger partial charge in [0.15, 0.2) is 0 Å². The van der Waals surface area contributed by atoms with E-state index in [0.717, 1.165) is 37.9 Å².